The number of phenolic OH excluding ortho intramolecular Hbond substituents is 1. The number of carbonyl (C=O) groups excluding carboxylic acids is 11. The highest BCUT2D eigenvalue weighted by atomic mass is 33.1. The number of rotatable bonds is 22. The lowest BCUT2D eigenvalue weighted by Crippen LogP contribution is -2.70. The molecule has 0 spiro atoms. The van der Waals surface area contributed by atoms with E-state index in [-0.39, 0.29) is 61.8 Å². The minimum Gasteiger partial charge on any atom is -0.508 e. The Hall–Kier alpha value is -6.79. The van der Waals surface area contributed by atoms with Crippen LogP contribution in [0.1, 0.15) is 84.6 Å². The van der Waals surface area contributed by atoms with E-state index >= 15 is 0 Å². The van der Waals surface area contributed by atoms with Crippen molar-refractivity contribution in [2.75, 3.05) is 38.2 Å². The van der Waals surface area contributed by atoms with E-state index in [1.165, 1.54) is 29.2 Å². The summed E-state index contributed by atoms with van der Waals surface area (Å²) in [7, 11) is 3.58. The van der Waals surface area contributed by atoms with Crippen LogP contribution in [0.3, 0.4) is 0 Å². The zero-order valence-corrected chi connectivity index (χ0v) is 60.5. The largest absolute Gasteiger partial charge is 0.508 e. The molecule has 105 heavy (non-hydrogen) atoms. The molecule has 40 nitrogen and oxygen atoms in total. The molecule has 5 heterocycles. The van der Waals surface area contributed by atoms with E-state index in [9.17, 15) is 88.5 Å². The van der Waals surface area contributed by atoms with Crippen molar-refractivity contribution in [3.63, 3.8) is 0 Å². The monoisotopic (exact) mass is 1530 g/mol. The number of fused-ring (bicyclic) bond motifs is 1. The number of likely N-dealkylation sites (tertiary alicyclic amines) is 1. The van der Waals surface area contributed by atoms with E-state index in [1.54, 1.807) is 20.9 Å². The maximum absolute atomic E-state index is 14.5. The zero-order valence-electron chi connectivity index (χ0n) is 58.8. The van der Waals surface area contributed by atoms with Crippen LogP contribution in [0.25, 0.3) is 0 Å². The van der Waals surface area contributed by atoms with Crippen molar-refractivity contribution in [1.29, 1.82) is 0 Å². The fourth-order valence-electron chi connectivity index (χ4n) is 12.7. The zero-order chi connectivity index (χ0) is 78.0. The van der Waals surface area contributed by atoms with Gasteiger partial charge in [-0.1, -0.05) is 67.8 Å². The highest BCUT2D eigenvalue weighted by molar-refractivity contribution is 8.76. The molecule has 1 aliphatic carbocycles. The molecule has 5 saturated heterocycles. The third-order valence-corrected chi connectivity index (χ3v) is 21.2. The maximum Gasteiger partial charge on any atom is 0.246 e. The van der Waals surface area contributed by atoms with Gasteiger partial charge in [-0.25, -0.2) is 0 Å². The second-order valence-electron chi connectivity index (χ2n) is 27.3. The lowest BCUT2D eigenvalue weighted by Gasteiger charge is -2.51. The van der Waals surface area contributed by atoms with Gasteiger partial charge in [0.15, 0.2) is 18.9 Å². The second-order valence-corrected chi connectivity index (χ2v) is 29.9. The molecule has 26 atom stereocenters. The minimum absolute atomic E-state index is 0.0430. The summed E-state index contributed by atoms with van der Waals surface area (Å²) < 4.78 is 29.2. The van der Waals surface area contributed by atoms with Crippen LogP contribution in [0.4, 0.5) is 0 Å². The fraction of sp³-hybridized carbons (Fsp3) is 0.730. The first-order valence-electron chi connectivity index (χ1n) is 34.5. The molecular formula is C63H105N17O23S2. The van der Waals surface area contributed by atoms with Gasteiger partial charge in [-0.2, -0.15) is 0 Å². The van der Waals surface area contributed by atoms with Crippen LogP contribution in [-0.4, -0.2) is 296 Å². The van der Waals surface area contributed by atoms with Crippen molar-refractivity contribution in [2.24, 2.45) is 57.7 Å². The van der Waals surface area contributed by atoms with Crippen molar-refractivity contribution >= 4 is 86.6 Å². The van der Waals surface area contributed by atoms with Crippen LogP contribution < -0.4 is 88.4 Å². The first-order valence-corrected chi connectivity index (χ1v) is 37.0. The number of amides is 11. The van der Waals surface area contributed by atoms with Gasteiger partial charge >= 0.3 is 0 Å². The molecule has 42 heteroatoms. The lowest BCUT2D eigenvalue weighted by atomic mass is 9.84. The Morgan fingerprint density at radius 2 is 1.29 bits per heavy atom. The van der Waals surface area contributed by atoms with Crippen LogP contribution in [0.2, 0.25) is 0 Å². The van der Waals surface area contributed by atoms with Crippen LogP contribution in [-0.2, 0) is 82.8 Å². The minimum atomic E-state index is -1.79. The number of primary amides is 3. The third-order valence-electron chi connectivity index (χ3n) is 18.8. The molecule has 5 aliphatic heterocycles. The number of nitrogens with zero attached hydrogens (tertiary/aromatic N) is 1. The predicted molar refractivity (Wildman–Crippen MR) is 373 cm³/mol. The molecular weight excluding hydrogens is 1430 g/mol. The molecule has 6 fully saturated rings. The summed E-state index contributed by atoms with van der Waals surface area (Å²) in [6.07, 6.45) is -14.4. The number of aromatic hydroxyl groups is 1. The van der Waals surface area contributed by atoms with Gasteiger partial charge < -0.3 is 153 Å². The average Bonchev–Trinajstić information content (AvgIpc) is 1.23. The van der Waals surface area contributed by atoms with Gasteiger partial charge in [-0.15, -0.1) is 0 Å². The molecule has 0 radical (unpaired) electrons. The highest BCUT2D eigenvalue weighted by Crippen LogP contribution is 2.36. The Kier molecular flexibility index (Phi) is 33.5. The SMILES string of the molecule is CC[C@H](C)[C@@H]1NC(=O)[C@H](Cc2ccc(O)cc2)NC(=O)[C@@H](N)CSSC[C@@H](C(=O)N2CCC[C@H]2C(=O)N[C@@H](CC(C)C)C(=O)NCC(N)=O)NC(=O)[C@H](CC(N)=O)NC(=O)[C@H](CC(N)=O)NC1=O.CN[C@@H]1[C@@H](O[C@H]2O[C@H](CO)[C@@H](N)[C@H](O)[C@H]2O)O[C@H]2C[C@@H](N)[C@@H](O[C@H]3[C@H](O)[C@@H](O)[C@H](N)C[C@@H]3N)O[C@@H]2[C@@H]1O. The smallest absolute Gasteiger partial charge is 0.246 e. The number of aliphatic hydroxyl groups excluding tert-OH is 6. The van der Waals surface area contributed by atoms with Crippen molar-refractivity contribution in [1.82, 2.24) is 47.4 Å². The number of benzene rings is 1. The van der Waals surface area contributed by atoms with Crippen molar-refractivity contribution in [3.8, 4) is 5.75 Å². The Labute approximate surface area is 613 Å². The average molecular weight is 1530 g/mol. The van der Waals surface area contributed by atoms with E-state index < -0.39 is 249 Å². The summed E-state index contributed by atoms with van der Waals surface area (Å²) >= 11 is 0. The third kappa shape index (κ3) is 24.1. The summed E-state index contributed by atoms with van der Waals surface area (Å²) in [5.41, 5.74) is 46.9. The van der Waals surface area contributed by atoms with Gasteiger partial charge in [-0.05, 0) is 68.7 Å². The van der Waals surface area contributed by atoms with Crippen LogP contribution in [0.15, 0.2) is 24.3 Å². The molecule has 0 aromatic heterocycles. The van der Waals surface area contributed by atoms with E-state index in [4.69, 9.17) is 69.6 Å². The van der Waals surface area contributed by atoms with Gasteiger partial charge in [0, 0.05) is 36.6 Å². The summed E-state index contributed by atoms with van der Waals surface area (Å²) in [6, 6.07) is -9.43. The number of nitrogens with one attached hydrogen (secondary N) is 8. The summed E-state index contributed by atoms with van der Waals surface area (Å²) in [5, 5.41) is 92.1. The number of phenols is 1. The quantitative estimate of drug-likeness (QED) is 0.0479. The number of hydrogen-bond acceptors (Lipinski definition) is 31. The summed E-state index contributed by atoms with van der Waals surface area (Å²) in [6.45, 7) is 6.04. The second kappa shape index (κ2) is 40.4. The van der Waals surface area contributed by atoms with Crippen LogP contribution in [0, 0.1) is 11.8 Å². The van der Waals surface area contributed by atoms with Gasteiger partial charge in [0.2, 0.25) is 65.0 Å². The Morgan fingerprint density at radius 1 is 0.676 bits per heavy atom. The molecule has 592 valence electrons. The van der Waals surface area contributed by atoms with E-state index in [0.717, 1.165) is 21.6 Å². The van der Waals surface area contributed by atoms with E-state index in [1.807, 2.05) is 13.8 Å². The fourth-order valence-corrected chi connectivity index (χ4v) is 14.9. The van der Waals surface area contributed by atoms with E-state index in [0.29, 0.717) is 18.4 Å². The molecule has 6 aliphatic rings. The number of hydrogen-bond donors (Lipinski definition) is 23. The standard InChI is InChI=1S/C42H64N12O12S2.C21H41N5O11/c1-5-21(4)34-41(65)51-28(16-32(45)57)37(61)49-27(15-31(44)56)38(62)52-29(19-68-67-18-24(43)35(59)48-26(39(63)53-34)14-22-8-10-23(55)11-9-22)42(66)54-12-6-7-30(54)40(64)50-25(13-20(2)3)36(60)47-17-33(46)58;1-26-11-14(30)18-8(33-20(11)37-21-16(32)13(29)10(25)9(4-27)34-21)3-7(24)19(36-18)35-17-6(23)2-5(22)12(28)15(17)31/h8-11,20-21,24-30,34,55H,5-7,12-19,43H2,1-4H3,(H2,44,56)(H2,45,57)(H2,46,58)(H,47,60)(H,48,59)(H,49,61)(H,50,64)(H,51,65)(H,52,62)(H,53,63);5-21,26-32H,2-4,22-25H2,1H3/t21-,24-,25-,26-,27-,28-,29-,30-,34-;5-,6+,7-,8+,9-,10-,11+,12+,13+,14-,15-,16-,17-,18+,19+,20-,21-/m01/s1. The summed E-state index contributed by atoms with van der Waals surface area (Å²) in [5.74, 6) is -10.9. The summed E-state index contributed by atoms with van der Waals surface area (Å²) in [4.78, 5) is 148. The molecule has 0 unspecified atom stereocenters. The number of ether oxygens (including phenoxy) is 5. The topological polar surface area (TPSA) is 683 Å². The highest BCUT2D eigenvalue weighted by Gasteiger charge is 2.55. The molecule has 0 bridgehead atoms. The van der Waals surface area contributed by atoms with Gasteiger partial charge in [0.25, 0.3) is 0 Å². The normalized spacial score (nSPS) is 35.2. The number of likely N-dealkylation sites (N-methyl/N-ethyl adjacent to an activating group) is 1. The molecule has 1 aromatic rings. The first kappa shape index (κ1) is 87.1. The number of nitrogens with two attached hydrogens (primary N) is 8. The van der Waals surface area contributed by atoms with Gasteiger partial charge in [0.1, 0.15) is 90.8 Å². The predicted octanol–water partition coefficient (Wildman–Crippen LogP) is -10.9. The van der Waals surface area contributed by atoms with Crippen molar-refractivity contribution in [2.45, 2.75) is 238 Å². The van der Waals surface area contributed by atoms with Crippen molar-refractivity contribution < 1.29 is 112 Å². The maximum atomic E-state index is 14.5. The van der Waals surface area contributed by atoms with Gasteiger partial charge in [-0.3, -0.25) is 52.7 Å². The molecule has 1 saturated carbocycles. The lowest BCUT2D eigenvalue weighted by molar-refractivity contribution is -0.373. The Morgan fingerprint density at radius 3 is 1.89 bits per heavy atom. The number of aliphatic hydroxyl groups is 6. The number of carbonyl (C=O) groups is 11. The Balaban J connectivity index is 0.000000390. The Bertz CT molecular complexity index is 3140. The van der Waals surface area contributed by atoms with Crippen molar-refractivity contribution in [3.05, 3.63) is 29.8 Å². The van der Waals surface area contributed by atoms with Crippen LogP contribution in [0.5, 0.6) is 5.75 Å². The molecule has 11 amide bonds. The molecule has 7 rings (SSSR count). The van der Waals surface area contributed by atoms with E-state index in [2.05, 4.69) is 42.5 Å². The first-order chi connectivity index (χ1) is 49.5. The van der Waals surface area contributed by atoms with Gasteiger partial charge in [0.05, 0.1) is 62.4 Å². The molecule has 1 aromatic carbocycles. The van der Waals surface area contributed by atoms with Crippen LogP contribution >= 0.6 is 21.6 Å². The molecule has 31 N–H and O–H groups in total.